The van der Waals surface area contributed by atoms with Gasteiger partial charge in [-0.25, -0.2) is 9.78 Å². The molecule has 0 aliphatic carbocycles. The third-order valence-corrected chi connectivity index (χ3v) is 5.10. The van der Waals surface area contributed by atoms with Gasteiger partial charge >= 0.3 is 6.09 Å². The van der Waals surface area contributed by atoms with E-state index >= 15 is 0 Å². The average Bonchev–Trinajstić information content (AvgIpc) is 3.00. The molecule has 0 saturated heterocycles. The maximum Gasteiger partial charge on any atom is 0.408 e. The van der Waals surface area contributed by atoms with Crippen molar-refractivity contribution in [3.63, 3.8) is 0 Å². The molecule has 0 saturated carbocycles. The zero-order valence-corrected chi connectivity index (χ0v) is 17.6. The van der Waals surface area contributed by atoms with E-state index in [1.54, 1.807) is 18.2 Å². The van der Waals surface area contributed by atoms with Gasteiger partial charge in [-0.1, -0.05) is 6.07 Å². The van der Waals surface area contributed by atoms with Gasteiger partial charge in [-0.05, 0) is 44.9 Å². The highest BCUT2D eigenvalue weighted by Crippen LogP contribution is 2.42. The summed E-state index contributed by atoms with van der Waals surface area (Å²) >= 11 is 0. The highest BCUT2D eigenvalue weighted by Gasteiger charge is 2.38. The van der Waals surface area contributed by atoms with Crippen molar-refractivity contribution in [1.82, 2.24) is 14.5 Å². The fourth-order valence-electron chi connectivity index (χ4n) is 4.01. The van der Waals surface area contributed by atoms with Gasteiger partial charge < -0.3 is 14.6 Å². The molecule has 2 amide bonds. The van der Waals surface area contributed by atoms with Crippen molar-refractivity contribution in [2.24, 2.45) is 7.05 Å². The number of aromatic nitrogens is 2. The quantitative estimate of drug-likeness (QED) is 0.832. The summed E-state index contributed by atoms with van der Waals surface area (Å²) in [6.45, 7) is 7.26. The van der Waals surface area contributed by atoms with Crippen molar-refractivity contribution in [2.75, 3.05) is 4.90 Å². The third-order valence-electron chi connectivity index (χ3n) is 5.10. The Morgan fingerprint density at radius 3 is 2.50 bits per heavy atom. The van der Waals surface area contributed by atoms with Gasteiger partial charge in [-0.15, -0.1) is 12.4 Å². The molecule has 1 aromatic carbocycles. The molecule has 2 aromatic rings. The maximum atomic E-state index is 12.3. The molecule has 7 nitrogen and oxygen atoms in total. The molecule has 0 bridgehead atoms. The number of carbonyl (C=O) groups is 2. The second kappa shape index (κ2) is 8.22. The molecule has 0 radical (unpaired) electrons. The molecule has 2 heterocycles. The number of carbonyl (C=O) groups excluding carboxylic acids is 1. The van der Waals surface area contributed by atoms with Crippen molar-refractivity contribution < 1.29 is 14.7 Å². The molecular weight excluding hydrogens is 380 g/mol. The smallest absolute Gasteiger partial charge is 0.408 e. The van der Waals surface area contributed by atoms with Crippen molar-refractivity contribution in [3.8, 4) is 11.3 Å². The Morgan fingerprint density at radius 2 is 2.00 bits per heavy atom. The van der Waals surface area contributed by atoms with E-state index in [-0.39, 0.29) is 36.4 Å². The predicted molar refractivity (Wildman–Crippen MR) is 111 cm³/mol. The average molecular weight is 407 g/mol. The summed E-state index contributed by atoms with van der Waals surface area (Å²) in [5.74, 6) is -0.0424. The molecule has 0 unspecified atom stereocenters. The first-order valence-electron chi connectivity index (χ1n) is 9.14. The summed E-state index contributed by atoms with van der Waals surface area (Å²) in [4.78, 5) is 31.9. The fourth-order valence-corrected chi connectivity index (χ4v) is 4.01. The van der Waals surface area contributed by atoms with E-state index in [9.17, 15) is 14.7 Å². The van der Waals surface area contributed by atoms with E-state index in [1.165, 1.54) is 4.90 Å². The molecule has 1 aliphatic rings. The lowest BCUT2D eigenvalue weighted by Crippen LogP contribution is -2.48. The summed E-state index contributed by atoms with van der Waals surface area (Å²) in [5, 5.41) is 9.80. The molecule has 1 aromatic heterocycles. The number of hydrogen-bond donors (Lipinski definition) is 1. The van der Waals surface area contributed by atoms with Crippen LogP contribution in [0.5, 0.6) is 0 Å². The lowest BCUT2D eigenvalue weighted by Gasteiger charge is -2.43. The molecule has 0 fully saturated rings. The number of nitrogens with zero attached hydrogens (tertiary/aromatic N) is 4. The first-order valence-corrected chi connectivity index (χ1v) is 9.14. The van der Waals surface area contributed by atoms with Gasteiger partial charge in [0.2, 0.25) is 5.91 Å². The van der Waals surface area contributed by atoms with Gasteiger partial charge in [0.1, 0.15) is 0 Å². The molecule has 152 valence electrons. The molecule has 2 atom stereocenters. The Balaban J connectivity index is 0.00000280. The second-order valence-corrected chi connectivity index (χ2v) is 7.47. The highest BCUT2D eigenvalue weighted by molar-refractivity contribution is 5.94. The van der Waals surface area contributed by atoms with Crippen LogP contribution in [0.2, 0.25) is 0 Å². The van der Waals surface area contributed by atoms with E-state index < -0.39 is 6.09 Å². The van der Waals surface area contributed by atoms with Crippen molar-refractivity contribution >= 4 is 30.1 Å². The minimum atomic E-state index is -0.951. The molecular formula is C20H27ClN4O3. The normalized spacial score (nSPS) is 18.4. The first kappa shape index (κ1) is 21.8. The Labute approximate surface area is 171 Å². The summed E-state index contributed by atoms with van der Waals surface area (Å²) in [7, 11) is 1.90. The predicted octanol–water partition coefficient (Wildman–Crippen LogP) is 4.08. The van der Waals surface area contributed by atoms with E-state index in [4.69, 9.17) is 0 Å². The SMILES string of the molecule is CC(=O)N1c2ccc(-c3cn(C)cn3)cc2[C@H](N(C(=O)O)C(C)C)C[C@@H]1C.Cl. The Bertz CT molecular complexity index is 880. The van der Waals surface area contributed by atoms with Crippen LogP contribution in [0.15, 0.2) is 30.7 Å². The maximum absolute atomic E-state index is 12.3. The van der Waals surface area contributed by atoms with Crippen LogP contribution in [0.25, 0.3) is 11.3 Å². The van der Waals surface area contributed by atoms with E-state index in [0.717, 1.165) is 22.5 Å². The van der Waals surface area contributed by atoms with Crippen molar-refractivity contribution in [2.45, 2.75) is 52.2 Å². The van der Waals surface area contributed by atoms with Crippen molar-refractivity contribution in [3.05, 3.63) is 36.3 Å². The molecule has 1 N–H and O–H groups in total. The topological polar surface area (TPSA) is 78.7 Å². The van der Waals surface area contributed by atoms with Crippen LogP contribution >= 0.6 is 12.4 Å². The number of carboxylic acid groups (broad SMARTS) is 1. The van der Waals surface area contributed by atoms with Gasteiger partial charge in [0.15, 0.2) is 0 Å². The summed E-state index contributed by atoms with van der Waals surface area (Å²) in [6, 6.07) is 5.25. The van der Waals surface area contributed by atoms with E-state index in [1.807, 2.05) is 56.8 Å². The lowest BCUT2D eigenvalue weighted by atomic mass is 9.88. The van der Waals surface area contributed by atoms with Crippen molar-refractivity contribution in [1.29, 1.82) is 0 Å². The van der Waals surface area contributed by atoms with Crippen LogP contribution in [-0.2, 0) is 11.8 Å². The minimum absolute atomic E-state index is 0. The largest absolute Gasteiger partial charge is 0.465 e. The Hall–Kier alpha value is -2.54. The van der Waals surface area contributed by atoms with Crippen LogP contribution in [0.3, 0.4) is 0 Å². The second-order valence-electron chi connectivity index (χ2n) is 7.47. The third kappa shape index (κ3) is 3.85. The first-order chi connectivity index (χ1) is 12.7. The van der Waals surface area contributed by atoms with Crippen LogP contribution in [0.4, 0.5) is 10.5 Å². The zero-order chi connectivity index (χ0) is 19.9. The zero-order valence-electron chi connectivity index (χ0n) is 16.8. The standard InChI is InChI=1S/C20H26N4O3.ClH/c1-12(2)23(20(26)27)19-8-13(3)24(14(4)25)18-7-6-15(9-16(18)19)17-10-22(5)11-21-17;/h6-7,9-13,19H,8H2,1-5H3,(H,26,27);1H/t13-,19+;/m0./s1. The number of imidazole rings is 1. The van der Waals surface area contributed by atoms with Crippen LogP contribution < -0.4 is 4.90 Å². The number of fused-ring (bicyclic) bond motifs is 1. The van der Waals surface area contributed by atoms with E-state index in [0.29, 0.717) is 6.42 Å². The number of benzene rings is 1. The monoisotopic (exact) mass is 406 g/mol. The van der Waals surface area contributed by atoms with Gasteiger partial charge in [-0.2, -0.15) is 0 Å². The Morgan fingerprint density at radius 1 is 1.32 bits per heavy atom. The highest BCUT2D eigenvalue weighted by atomic mass is 35.5. The van der Waals surface area contributed by atoms with Gasteiger partial charge in [0, 0.05) is 43.5 Å². The minimum Gasteiger partial charge on any atom is -0.465 e. The van der Waals surface area contributed by atoms with Gasteiger partial charge in [-0.3, -0.25) is 9.69 Å². The molecule has 8 heteroatoms. The summed E-state index contributed by atoms with van der Waals surface area (Å²) in [5.41, 5.74) is 3.35. The summed E-state index contributed by atoms with van der Waals surface area (Å²) < 4.78 is 1.87. The number of amides is 2. The Kier molecular flexibility index (Phi) is 6.39. The van der Waals surface area contributed by atoms with Crippen LogP contribution in [-0.4, -0.2) is 43.6 Å². The number of hydrogen-bond acceptors (Lipinski definition) is 3. The number of anilines is 1. The van der Waals surface area contributed by atoms with Gasteiger partial charge in [0.25, 0.3) is 0 Å². The lowest BCUT2D eigenvalue weighted by molar-refractivity contribution is -0.117. The molecule has 0 spiro atoms. The number of rotatable bonds is 3. The molecule has 1 aliphatic heterocycles. The fraction of sp³-hybridized carbons (Fsp3) is 0.450. The number of aryl methyl sites for hydroxylation is 1. The van der Waals surface area contributed by atoms with E-state index in [2.05, 4.69) is 4.98 Å². The molecule has 28 heavy (non-hydrogen) atoms. The molecule has 3 rings (SSSR count). The summed E-state index contributed by atoms with van der Waals surface area (Å²) in [6.07, 6.45) is 3.26. The number of halogens is 1. The van der Waals surface area contributed by atoms with Crippen LogP contribution in [0, 0.1) is 0 Å². The van der Waals surface area contributed by atoms with Gasteiger partial charge in [0.05, 0.1) is 18.1 Å². The van der Waals surface area contributed by atoms with Crippen LogP contribution in [0.1, 0.15) is 45.7 Å².